The van der Waals surface area contributed by atoms with Crippen LogP contribution in [-0.4, -0.2) is 36.4 Å². The number of nitrogens with zero attached hydrogens (tertiary/aromatic N) is 3. The summed E-state index contributed by atoms with van der Waals surface area (Å²) >= 11 is 5.83. The average molecular weight is 520 g/mol. The number of methoxy groups -OCH3 is 1. The number of thiocarbonyl (C=S) groups is 1. The molecule has 1 fully saturated rings. The van der Waals surface area contributed by atoms with E-state index in [0.717, 1.165) is 23.3 Å². The minimum atomic E-state index is -3.53. The van der Waals surface area contributed by atoms with Crippen LogP contribution in [0, 0.1) is 0 Å². The van der Waals surface area contributed by atoms with Crippen molar-refractivity contribution in [3.05, 3.63) is 103 Å². The van der Waals surface area contributed by atoms with Crippen LogP contribution in [0.4, 0.5) is 11.4 Å². The maximum Gasteiger partial charge on any atom is 0.229 e. The van der Waals surface area contributed by atoms with E-state index in [1.807, 2.05) is 71.8 Å². The van der Waals surface area contributed by atoms with E-state index in [0.29, 0.717) is 22.2 Å². The molecule has 36 heavy (non-hydrogen) atoms. The van der Waals surface area contributed by atoms with Crippen molar-refractivity contribution in [2.45, 2.75) is 12.1 Å². The van der Waals surface area contributed by atoms with Gasteiger partial charge in [0.15, 0.2) is 5.11 Å². The van der Waals surface area contributed by atoms with E-state index in [4.69, 9.17) is 17.0 Å². The molecular formula is C26H25N5O3S2. The molecule has 10 heteroatoms. The molecule has 0 spiro atoms. The Morgan fingerprint density at radius 2 is 1.78 bits per heavy atom. The lowest BCUT2D eigenvalue weighted by Crippen LogP contribution is -2.30. The monoisotopic (exact) mass is 519 g/mol. The van der Waals surface area contributed by atoms with Gasteiger partial charge in [0.05, 0.1) is 30.8 Å². The molecule has 2 unspecified atom stereocenters. The van der Waals surface area contributed by atoms with Crippen molar-refractivity contribution in [3.63, 3.8) is 0 Å². The molecule has 0 bridgehead atoms. The highest BCUT2D eigenvalue weighted by molar-refractivity contribution is 7.92. The summed E-state index contributed by atoms with van der Waals surface area (Å²) in [5.74, 6) is 0.410. The van der Waals surface area contributed by atoms with Crippen molar-refractivity contribution in [1.82, 2.24) is 14.9 Å². The third-order valence-electron chi connectivity index (χ3n) is 5.97. The third kappa shape index (κ3) is 4.65. The summed E-state index contributed by atoms with van der Waals surface area (Å²) in [6.45, 7) is 0. The maximum absolute atomic E-state index is 12.0. The lowest BCUT2D eigenvalue weighted by Gasteiger charge is -2.29. The number of sulfonamides is 1. The van der Waals surface area contributed by atoms with Gasteiger partial charge in [-0.2, -0.15) is 0 Å². The number of ether oxygens (including phenoxy) is 1. The summed E-state index contributed by atoms with van der Waals surface area (Å²) in [6.07, 6.45) is 4.88. The summed E-state index contributed by atoms with van der Waals surface area (Å²) in [5.41, 5.74) is 3.90. The van der Waals surface area contributed by atoms with Crippen molar-refractivity contribution in [2.75, 3.05) is 23.0 Å². The van der Waals surface area contributed by atoms with Gasteiger partial charge >= 0.3 is 0 Å². The zero-order valence-corrected chi connectivity index (χ0v) is 21.3. The first-order valence-electron chi connectivity index (χ1n) is 11.2. The predicted octanol–water partition coefficient (Wildman–Crippen LogP) is 4.43. The zero-order chi connectivity index (χ0) is 25.3. The summed E-state index contributed by atoms with van der Waals surface area (Å²) in [5, 5.41) is 3.95. The topological polar surface area (TPSA) is 88.5 Å². The van der Waals surface area contributed by atoms with Crippen LogP contribution in [0.1, 0.15) is 23.5 Å². The molecule has 2 atom stereocenters. The number of rotatable bonds is 7. The van der Waals surface area contributed by atoms with Crippen molar-refractivity contribution < 1.29 is 13.2 Å². The second-order valence-corrected chi connectivity index (χ2v) is 10.5. The van der Waals surface area contributed by atoms with Gasteiger partial charge in [0.2, 0.25) is 10.0 Å². The number of benzene rings is 2. The Hall–Kier alpha value is -3.89. The van der Waals surface area contributed by atoms with Gasteiger partial charge in [-0.3, -0.25) is 9.71 Å². The molecule has 0 radical (unpaired) electrons. The number of pyridine rings is 1. The smallest absolute Gasteiger partial charge is 0.229 e. The molecule has 0 saturated carbocycles. The molecule has 8 nitrogen and oxygen atoms in total. The fourth-order valence-electron chi connectivity index (χ4n) is 4.52. The maximum atomic E-state index is 12.0. The van der Waals surface area contributed by atoms with Gasteiger partial charge in [0, 0.05) is 29.5 Å². The highest BCUT2D eigenvalue weighted by Crippen LogP contribution is 2.43. The van der Waals surface area contributed by atoms with E-state index >= 15 is 0 Å². The molecule has 5 rings (SSSR count). The van der Waals surface area contributed by atoms with Crippen LogP contribution in [0.15, 0.2) is 91.3 Å². The number of anilines is 2. The Morgan fingerprint density at radius 1 is 1.00 bits per heavy atom. The van der Waals surface area contributed by atoms with Gasteiger partial charge in [0.1, 0.15) is 11.8 Å². The number of nitrogens with one attached hydrogen (secondary N) is 2. The number of hydrogen-bond donors (Lipinski definition) is 2. The van der Waals surface area contributed by atoms with Gasteiger partial charge in [-0.1, -0.05) is 24.3 Å². The molecule has 4 aromatic rings. The number of para-hydroxylation sites is 1. The Balaban J connectivity index is 1.67. The van der Waals surface area contributed by atoms with Crippen LogP contribution in [0.5, 0.6) is 5.75 Å². The van der Waals surface area contributed by atoms with E-state index in [9.17, 15) is 8.42 Å². The first kappa shape index (κ1) is 23.8. The molecular weight excluding hydrogens is 494 g/mol. The van der Waals surface area contributed by atoms with Crippen LogP contribution in [0.3, 0.4) is 0 Å². The van der Waals surface area contributed by atoms with Crippen molar-refractivity contribution in [3.8, 4) is 11.4 Å². The largest absolute Gasteiger partial charge is 0.495 e. The summed E-state index contributed by atoms with van der Waals surface area (Å²) in [4.78, 5) is 6.61. The number of hydrogen-bond acceptors (Lipinski definition) is 5. The van der Waals surface area contributed by atoms with Gasteiger partial charge in [-0.15, -0.1) is 0 Å². The van der Waals surface area contributed by atoms with Gasteiger partial charge in [-0.05, 0) is 66.8 Å². The van der Waals surface area contributed by atoms with Crippen LogP contribution >= 0.6 is 12.2 Å². The lowest BCUT2D eigenvalue weighted by atomic mass is 10.0. The first-order valence-corrected chi connectivity index (χ1v) is 13.5. The zero-order valence-electron chi connectivity index (χ0n) is 19.7. The normalized spacial score (nSPS) is 17.6. The Kier molecular flexibility index (Phi) is 6.38. The van der Waals surface area contributed by atoms with E-state index in [1.165, 1.54) is 7.11 Å². The minimum Gasteiger partial charge on any atom is -0.495 e. The highest BCUT2D eigenvalue weighted by Gasteiger charge is 2.42. The summed E-state index contributed by atoms with van der Waals surface area (Å²) < 4.78 is 34.1. The molecule has 0 amide bonds. The SMILES string of the molecule is COc1ccc(N2C(=S)NC(c3ccccn3)C2c2cccn2-c2ccccc2)cc1NS(C)(=O)=O. The van der Waals surface area contributed by atoms with E-state index in [1.54, 1.807) is 18.3 Å². The molecule has 1 aliphatic heterocycles. The molecule has 1 aliphatic rings. The van der Waals surface area contributed by atoms with E-state index < -0.39 is 10.0 Å². The molecule has 3 heterocycles. The van der Waals surface area contributed by atoms with Gasteiger partial charge in [-0.25, -0.2) is 8.42 Å². The standard InChI is InChI=1S/C26H25N5O3S2/c1-34-23-14-13-19(17-21(23)29-36(2,32)33)31-25(24(28-26(31)35)20-11-6-7-15-27-20)22-12-8-16-30(22)18-9-4-3-5-10-18/h3-17,24-25,29H,1-2H3,(H,28,35). The molecule has 2 aromatic carbocycles. The third-order valence-corrected chi connectivity index (χ3v) is 6.88. The van der Waals surface area contributed by atoms with Crippen LogP contribution < -0.4 is 19.7 Å². The van der Waals surface area contributed by atoms with Crippen LogP contribution in [0.2, 0.25) is 0 Å². The fraction of sp³-hybridized carbons (Fsp3) is 0.154. The Morgan fingerprint density at radius 3 is 2.47 bits per heavy atom. The fourth-order valence-corrected chi connectivity index (χ4v) is 5.42. The molecule has 2 N–H and O–H groups in total. The van der Waals surface area contributed by atoms with Crippen LogP contribution in [0.25, 0.3) is 5.69 Å². The van der Waals surface area contributed by atoms with Crippen molar-refractivity contribution in [2.24, 2.45) is 0 Å². The molecule has 1 saturated heterocycles. The van der Waals surface area contributed by atoms with Crippen molar-refractivity contribution in [1.29, 1.82) is 0 Å². The second-order valence-electron chi connectivity index (χ2n) is 8.39. The van der Waals surface area contributed by atoms with Crippen LogP contribution in [-0.2, 0) is 10.0 Å². The molecule has 2 aromatic heterocycles. The molecule has 0 aliphatic carbocycles. The number of aromatic nitrogens is 2. The lowest BCUT2D eigenvalue weighted by molar-refractivity contribution is 0.417. The highest BCUT2D eigenvalue weighted by atomic mass is 32.2. The Labute approximate surface area is 215 Å². The van der Waals surface area contributed by atoms with Gasteiger partial charge < -0.3 is 19.5 Å². The predicted molar refractivity (Wildman–Crippen MR) is 145 cm³/mol. The Bertz CT molecular complexity index is 1490. The average Bonchev–Trinajstić information content (AvgIpc) is 3.48. The van der Waals surface area contributed by atoms with E-state index in [-0.39, 0.29) is 12.1 Å². The van der Waals surface area contributed by atoms with Gasteiger partial charge in [0.25, 0.3) is 0 Å². The quantitative estimate of drug-likeness (QED) is 0.349. The second kappa shape index (κ2) is 9.63. The summed E-state index contributed by atoms with van der Waals surface area (Å²) in [7, 11) is -2.03. The van der Waals surface area contributed by atoms with Crippen molar-refractivity contribution >= 4 is 38.7 Å². The molecule has 184 valence electrons. The minimum absolute atomic E-state index is 0.246. The first-order chi connectivity index (χ1) is 17.4. The van der Waals surface area contributed by atoms with E-state index in [2.05, 4.69) is 25.7 Å². The summed E-state index contributed by atoms with van der Waals surface area (Å²) in [6, 6.07) is 24.7.